The van der Waals surface area contributed by atoms with Crippen molar-refractivity contribution in [2.75, 3.05) is 6.54 Å². The van der Waals surface area contributed by atoms with Crippen molar-refractivity contribution in [1.82, 2.24) is 9.88 Å². The van der Waals surface area contributed by atoms with Gasteiger partial charge in [-0.2, -0.15) is 0 Å². The van der Waals surface area contributed by atoms with Gasteiger partial charge in [0.05, 0.1) is 17.4 Å². The molecular weight excluding hydrogens is 392 g/mol. The number of likely N-dealkylation sites (tertiary alicyclic amines) is 1. The highest BCUT2D eigenvalue weighted by Crippen LogP contribution is 2.37. The van der Waals surface area contributed by atoms with E-state index in [9.17, 15) is 14.4 Å². The van der Waals surface area contributed by atoms with E-state index in [1.165, 1.54) is 0 Å². The number of nitrogens with zero attached hydrogens (tertiary/aromatic N) is 2. The summed E-state index contributed by atoms with van der Waals surface area (Å²) in [6.07, 6.45) is 3.34. The summed E-state index contributed by atoms with van der Waals surface area (Å²) in [5, 5.41) is 1.19. The zero-order valence-electron chi connectivity index (χ0n) is 16.5. The van der Waals surface area contributed by atoms with Gasteiger partial charge in [-0.15, -0.1) is 0 Å². The number of carbonyl (C=O) groups is 3. The van der Waals surface area contributed by atoms with Crippen LogP contribution in [0.15, 0.2) is 18.2 Å². The molecule has 29 heavy (non-hydrogen) atoms. The van der Waals surface area contributed by atoms with Crippen LogP contribution < -0.4 is 0 Å². The maximum atomic E-state index is 12.5. The highest BCUT2D eigenvalue weighted by molar-refractivity contribution is 6.30. The Morgan fingerprint density at radius 2 is 1.83 bits per heavy atom. The molecule has 0 radical (unpaired) electrons. The third-order valence-corrected chi connectivity index (χ3v) is 6.47. The second kappa shape index (κ2) is 7.75. The molecule has 152 valence electrons. The lowest BCUT2D eigenvalue weighted by Gasteiger charge is -2.19. The summed E-state index contributed by atoms with van der Waals surface area (Å²) in [5.74, 6) is -1.65. The van der Waals surface area contributed by atoms with Gasteiger partial charge in [-0.05, 0) is 43.9 Å². The molecule has 2 heterocycles. The molecule has 0 N–H and O–H groups in total. The minimum atomic E-state index is -0.624. The van der Waals surface area contributed by atoms with Gasteiger partial charge in [0.15, 0.2) is 0 Å². The summed E-state index contributed by atoms with van der Waals surface area (Å²) in [6, 6.07) is 5.81. The van der Waals surface area contributed by atoms with Gasteiger partial charge < -0.3 is 4.74 Å². The Kier molecular flexibility index (Phi) is 5.30. The minimum absolute atomic E-state index is 0.0589. The molecular formula is C22H23ClN2O4. The summed E-state index contributed by atoms with van der Waals surface area (Å²) in [5.41, 5.74) is 3.59. The van der Waals surface area contributed by atoms with Crippen molar-refractivity contribution in [3.8, 4) is 0 Å². The maximum absolute atomic E-state index is 12.5. The quantitative estimate of drug-likeness (QED) is 0.433. The second-order valence-corrected chi connectivity index (χ2v) is 8.30. The Morgan fingerprint density at radius 3 is 2.48 bits per heavy atom. The molecule has 2 fully saturated rings. The minimum Gasteiger partial charge on any atom is -0.459 e. The molecule has 1 aliphatic carbocycles. The third kappa shape index (κ3) is 3.62. The second-order valence-electron chi connectivity index (χ2n) is 7.94. The zero-order valence-corrected chi connectivity index (χ0v) is 17.3. The Balaban J connectivity index is 1.43. The number of halogens is 1. The number of ether oxygens (including phenoxy) is 1. The number of hydrogen-bond acceptors (Lipinski definition) is 5. The number of pyridine rings is 1. The van der Waals surface area contributed by atoms with Crippen molar-refractivity contribution in [3.63, 3.8) is 0 Å². The third-order valence-electron chi connectivity index (χ3n) is 6.15. The molecule has 1 saturated heterocycles. The molecule has 0 spiro atoms. The van der Waals surface area contributed by atoms with Crippen LogP contribution in [0, 0.1) is 25.7 Å². The number of aromatic nitrogens is 1. The van der Waals surface area contributed by atoms with E-state index in [4.69, 9.17) is 16.3 Å². The summed E-state index contributed by atoms with van der Waals surface area (Å²) in [4.78, 5) is 42.8. The van der Waals surface area contributed by atoms with Gasteiger partial charge in [0.2, 0.25) is 11.8 Å². The van der Waals surface area contributed by atoms with Gasteiger partial charge in [0.1, 0.15) is 18.3 Å². The van der Waals surface area contributed by atoms with E-state index in [0.29, 0.717) is 5.56 Å². The van der Waals surface area contributed by atoms with E-state index in [1.807, 2.05) is 32.0 Å². The van der Waals surface area contributed by atoms with Crippen LogP contribution in [0.1, 0.15) is 42.4 Å². The molecule has 0 bridgehead atoms. The van der Waals surface area contributed by atoms with Crippen LogP contribution in [-0.2, 0) is 25.7 Å². The largest absolute Gasteiger partial charge is 0.459 e. The van der Waals surface area contributed by atoms with Crippen LogP contribution in [0.4, 0.5) is 0 Å². The maximum Gasteiger partial charge on any atom is 0.326 e. The highest BCUT2D eigenvalue weighted by Gasteiger charge is 2.48. The molecule has 6 nitrogen and oxygen atoms in total. The van der Waals surface area contributed by atoms with Crippen LogP contribution >= 0.6 is 11.6 Å². The number of esters is 1. The van der Waals surface area contributed by atoms with Crippen LogP contribution in [0.3, 0.4) is 0 Å². The first-order valence-corrected chi connectivity index (χ1v) is 10.3. The van der Waals surface area contributed by atoms with Gasteiger partial charge in [-0.25, -0.2) is 4.98 Å². The van der Waals surface area contributed by atoms with Crippen molar-refractivity contribution in [2.45, 2.75) is 46.1 Å². The lowest BCUT2D eigenvalue weighted by atomic mass is 9.81. The lowest BCUT2D eigenvalue weighted by Crippen LogP contribution is -2.36. The average Bonchev–Trinajstić information content (AvgIpc) is 2.95. The fourth-order valence-corrected chi connectivity index (χ4v) is 4.52. The monoisotopic (exact) mass is 414 g/mol. The van der Waals surface area contributed by atoms with E-state index in [0.717, 1.165) is 52.6 Å². The Morgan fingerprint density at radius 1 is 1.17 bits per heavy atom. The number of aryl methyl sites for hydroxylation is 2. The molecule has 2 aliphatic rings. The van der Waals surface area contributed by atoms with Crippen LogP contribution in [0.5, 0.6) is 0 Å². The smallest absolute Gasteiger partial charge is 0.326 e. The molecule has 1 aromatic heterocycles. The molecule has 1 aliphatic heterocycles. The number of hydrogen-bond donors (Lipinski definition) is 0. The normalized spacial score (nSPS) is 21.6. The van der Waals surface area contributed by atoms with Gasteiger partial charge in [0.25, 0.3) is 0 Å². The number of amides is 2. The molecule has 7 heteroatoms. The van der Waals surface area contributed by atoms with E-state index >= 15 is 0 Å². The zero-order chi connectivity index (χ0) is 20.7. The van der Waals surface area contributed by atoms with E-state index in [1.54, 1.807) is 0 Å². The van der Waals surface area contributed by atoms with Crippen molar-refractivity contribution in [2.24, 2.45) is 11.8 Å². The predicted octanol–water partition coefficient (Wildman–Crippen LogP) is 3.72. The molecule has 1 aromatic carbocycles. The van der Waals surface area contributed by atoms with Crippen molar-refractivity contribution in [3.05, 3.63) is 40.0 Å². The van der Waals surface area contributed by atoms with Gasteiger partial charge in [-0.3, -0.25) is 19.3 Å². The first-order valence-electron chi connectivity index (χ1n) is 9.93. The molecule has 4 rings (SSSR count). The summed E-state index contributed by atoms with van der Waals surface area (Å²) >= 11 is 6.29. The van der Waals surface area contributed by atoms with E-state index in [-0.39, 0.29) is 42.0 Å². The Bertz CT molecular complexity index is 996. The standard InChI is InChI=1S/C22H23ClN2O4/c1-12-7-8-14-9-15(20(23)24-19(14)13(12)2)11-29-18(26)10-25-21(27)16-5-3-4-6-17(16)22(25)28/h7-9,16-17H,3-6,10-11H2,1-2H3. The van der Waals surface area contributed by atoms with E-state index in [2.05, 4.69) is 4.98 Å². The number of carbonyl (C=O) groups excluding carboxylic acids is 3. The number of imide groups is 1. The lowest BCUT2D eigenvalue weighted by molar-refractivity contribution is -0.153. The van der Waals surface area contributed by atoms with Crippen molar-refractivity contribution in [1.29, 1.82) is 0 Å². The first kappa shape index (κ1) is 19.8. The molecule has 1 saturated carbocycles. The molecule has 2 aromatic rings. The fraction of sp³-hybridized carbons (Fsp3) is 0.455. The highest BCUT2D eigenvalue weighted by atomic mass is 35.5. The van der Waals surface area contributed by atoms with Gasteiger partial charge in [0, 0.05) is 10.9 Å². The number of fused-ring (bicyclic) bond motifs is 2. The van der Waals surface area contributed by atoms with Crippen molar-refractivity contribution < 1.29 is 19.1 Å². The fourth-order valence-electron chi connectivity index (χ4n) is 4.33. The topological polar surface area (TPSA) is 76.6 Å². The summed E-state index contributed by atoms with van der Waals surface area (Å²) < 4.78 is 5.31. The molecule has 2 atom stereocenters. The Labute approximate surface area is 174 Å². The molecule has 2 amide bonds. The summed E-state index contributed by atoms with van der Waals surface area (Å²) in [6.45, 7) is 3.59. The first-order chi connectivity index (χ1) is 13.9. The Hall–Kier alpha value is -2.47. The predicted molar refractivity (Wildman–Crippen MR) is 108 cm³/mol. The molecule has 2 unspecified atom stereocenters. The van der Waals surface area contributed by atoms with Gasteiger partial charge >= 0.3 is 5.97 Å². The number of rotatable bonds is 4. The van der Waals surface area contributed by atoms with E-state index < -0.39 is 5.97 Å². The van der Waals surface area contributed by atoms with Gasteiger partial charge in [-0.1, -0.05) is 36.6 Å². The van der Waals surface area contributed by atoms with Crippen LogP contribution in [-0.4, -0.2) is 34.2 Å². The van der Waals surface area contributed by atoms with Crippen molar-refractivity contribution >= 4 is 40.3 Å². The van der Waals surface area contributed by atoms with Crippen LogP contribution in [0.2, 0.25) is 5.15 Å². The number of benzene rings is 1. The average molecular weight is 415 g/mol. The SMILES string of the molecule is Cc1ccc2cc(COC(=O)CN3C(=O)C4CCCCC4C3=O)c(Cl)nc2c1C. The van der Waals surface area contributed by atoms with Crippen LogP contribution in [0.25, 0.3) is 10.9 Å². The summed E-state index contributed by atoms with van der Waals surface area (Å²) in [7, 11) is 0.